The molecule has 26 heavy (non-hydrogen) atoms. The monoisotopic (exact) mass is 381 g/mol. The quantitative estimate of drug-likeness (QED) is 0.568. The molecule has 1 fully saturated rings. The van der Waals surface area contributed by atoms with Gasteiger partial charge in [0.25, 0.3) is 5.91 Å². The number of ether oxygens (including phenoxy) is 1. The smallest absolute Gasteiger partial charge is 0.259 e. The fraction of sp³-hybridized carbons (Fsp3) is 0.471. The Morgan fingerprint density at radius 1 is 1.27 bits per heavy atom. The van der Waals surface area contributed by atoms with Gasteiger partial charge in [-0.3, -0.25) is 9.59 Å². The first-order valence-corrected chi connectivity index (χ1v) is 9.98. The lowest BCUT2D eigenvalue weighted by Crippen LogP contribution is -2.28. The van der Waals surface area contributed by atoms with E-state index in [2.05, 4.69) is 10.5 Å². The van der Waals surface area contributed by atoms with Gasteiger partial charge in [0, 0.05) is 14.1 Å². The molecule has 1 aromatic carbocycles. The van der Waals surface area contributed by atoms with Crippen LogP contribution < -0.4 is 10.2 Å². The summed E-state index contributed by atoms with van der Waals surface area (Å²) in [5.74, 6) is -0.578. The number of carbonyl (C=O) groups is 2. The average Bonchev–Trinajstić information content (AvgIpc) is 2.97. The first-order valence-electron chi connectivity index (χ1n) is 8.16. The Morgan fingerprint density at radius 3 is 2.46 bits per heavy atom. The Morgan fingerprint density at radius 2 is 1.92 bits per heavy atom. The molecule has 0 bridgehead atoms. The Hall–Kier alpha value is -2.42. The summed E-state index contributed by atoms with van der Waals surface area (Å²) in [5, 5.41) is 4.03. The Bertz CT molecular complexity index is 800. The molecule has 1 atom stereocenters. The van der Waals surface area contributed by atoms with Crippen LogP contribution in [0.1, 0.15) is 18.9 Å². The third-order valence-corrected chi connectivity index (χ3v) is 5.84. The third kappa shape index (κ3) is 5.55. The summed E-state index contributed by atoms with van der Waals surface area (Å²) in [6, 6.07) is 6.95. The maximum Gasteiger partial charge on any atom is 0.259 e. The molecule has 0 unspecified atom stereocenters. The minimum Gasteiger partial charge on any atom is -0.484 e. The number of amides is 2. The minimum atomic E-state index is -3.10. The van der Waals surface area contributed by atoms with Crippen LogP contribution in [0.2, 0.25) is 0 Å². The van der Waals surface area contributed by atoms with Crippen molar-refractivity contribution in [2.75, 3.05) is 32.2 Å². The number of hydrazone groups is 1. The molecule has 0 spiro atoms. The van der Waals surface area contributed by atoms with Crippen LogP contribution >= 0.6 is 0 Å². The van der Waals surface area contributed by atoms with E-state index in [1.54, 1.807) is 45.3 Å². The molecule has 1 aliphatic heterocycles. The van der Waals surface area contributed by atoms with Gasteiger partial charge in [-0.05, 0) is 43.2 Å². The fourth-order valence-corrected chi connectivity index (χ4v) is 4.10. The van der Waals surface area contributed by atoms with E-state index in [0.29, 0.717) is 17.9 Å². The zero-order valence-corrected chi connectivity index (χ0v) is 15.9. The SMILES string of the molecule is C/C(=N/NC(=O)[C@H]1CCS(=O)(=O)C1)c1ccc(OCC(=O)N(C)C)cc1. The van der Waals surface area contributed by atoms with Gasteiger partial charge in [0.05, 0.1) is 23.1 Å². The first-order chi connectivity index (χ1) is 12.2. The lowest BCUT2D eigenvalue weighted by molar-refractivity contribution is -0.130. The maximum atomic E-state index is 12.0. The predicted molar refractivity (Wildman–Crippen MR) is 97.7 cm³/mol. The zero-order valence-electron chi connectivity index (χ0n) is 15.1. The van der Waals surface area contributed by atoms with Crippen molar-refractivity contribution in [3.05, 3.63) is 29.8 Å². The van der Waals surface area contributed by atoms with Gasteiger partial charge in [0.15, 0.2) is 16.4 Å². The summed E-state index contributed by atoms with van der Waals surface area (Å²) in [5.41, 5.74) is 3.78. The topological polar surface area (TPSA) is 105 Å². The summed E-state index contributed by atoms with van der Waals surface area (Å²) in [7, 11) is 0.210. The van der Waals surface area contributed by atoms with E-state index < -0.39 is 15.8 Å². The molecule has 9 heteroatoms. The van der Waals surface area contributed by atoms with E-state index in [1.807, 2.05) is 0 Å². The highest BCUT2D eigenvalue weighted by Crippen LogP contribution is 2.18. The molecule has 142 valence electrons. The Kier molecular flexibility index (Phi) is 6.36. The molecule has 1 saturated heterocycles. The molecular weight excluding hydrogens is 358 g/mol. The van der Waals surface area contributed by atoms with E-state index in [0.717, 1.165) is 5.56 Å². The number of nitrogens with one attached hydrogen (secondary N) is 1. The second-order valence-corrected chi connectivity index (χ2v) is 8.60. The second-order valence-electron chi connectivity index (χ2n) is 6.37. The second kappa shape index (κ2) is 8.31. The van der Waals surface area contributed by atoms with Gasteiger partial charge < -0.3 is 9.64 Å². The number of rotatable bonds is 6. The van der Waals surface area contributed by atoms with E-state index >= 15 is 0 Å². The standard InChI is InChI=1S/C17H23N3O5S/c1-12(18-19-17(22)14-8-9-26(23,24)11-14)13-4-6-15(7-5-13)25-10-16(21)20(2)3/h4-7,14H,8-11H2,1-3H3,(H,19,22)/b18-12-/t14-/m0/s1. The van der Waals surface area contributed by atoms with Crippen LogP contribution in [0.15, 0.2) is 29.4 Å². The molecular formula is C17H23N3O5S. The van der Waals surface area contributed by atoms with Crippen molar-refractivity contribution < 1.29 is 22.7 Å². The van der Waals surface area contributed by atoms with Crippen LogP contribution in [-0.2, 0) is 19.4 Å². The number of sulfone groups is 1. The number of hydrogen-bond donors (Lipinski definition) is 1. The summed E-state index contributed by atoms with van der Waals surface area (Å²) >= 11 is 0. The van der Waals surface area contributed by atoms with Crippen LogP contribution in [0.5, 0.6) is 5.75 Å². The van der Waals surface area contributed by atoms with Gasteiger partial charge >= 0.3 is 0 Å². The molecule has 1 heterocycles. The van der Waals surface area contributed by atoms with Gasteiger partial charge in [-0.1, -0.05) is 0 Å². The number of carbonyl (C=O) groups excluding carboxylic acids is 2. The molecule has 0 aliphatic carbocycles. The van der Waals surface area contributed by atoms with Crippen LogP contribution in [-0.4, -0.2) is 63.1 Å². The normalized spacial score (nSPS) is 19.0. The zero-order chi connectivity index (χ0) is 19.3. The number of nitrogens with zero attached hydrogens (tertiary/aromatic N) is 2. The van der Waals surface area contributed by atoms with Gasteiger partial charge in [0.2, 0.25) is 5.91 Å². The molecule has 0 radical (unpaired) electrons. The highest BCUT2D eigenvalue weighted by atomic mass is 32.2. The van der Waals surface area contributed by atoms with E-state index in [4.69, 9.17) is 4.74 Å². The van der Waals surface area contributed by atoms with Gasteiger partial charge in [-0.2, -0.15) is 5.10 Å². The summed E-state index contributed by atoms with van der Waals surface area (Å²) < 4.78 is 28.2. The molecule has 2 amide bonds. The van der Waals surface area contributed by atoms with Crippen LogP contribution in [0.3, 0.4) is 0 Å². The van der Waals surface area contributed by atoms with E-state index in [1.165, 1.54) is 4.90 Å². The number of hydrogen-bond acceptors (Lipinski definition) is 6. The molecule has 0 saturated carbocycles. The van der Waals surface area contributed by atoms with Crippen molar-refractivity contribution in [1.29, 1.82) is 0 Å². The average molecular weight is 381 g/mol. The van der Waals surface area contributed by atoms with Gasteiger partial charge in [0.1, 0.15) is 5.75 Å². The molecule has 1 N–H and O–H groups in total. The Labute approximate surface area is 153 Å². The van der Waals surface area contributed by atoms with E-state index in [-0.39, 0.29) is 29.9 Å². The van der Waals surface area contributed by atoms with Crippen molar-refractivity contribution in [2.24, 2.45) is 11.0 Å². The molecule has 1 aromatic rings. The largest absolute Gasteiger partial charge is 0.484 e. The minimum absolute atomic E-state index is 0.0419. The van der Waals surface area contributed by atoms with Crippen molar-refractivity contribution in [3.63, 3.8) is 0 Å². The third-order valence-electron chi connectivity index (χ3n) is 4.07. The number of benzene rings is 1. The molecule has 2 rings (SSSR count). The summed E-state index contributed by atoms with van der Waals surface area (Å²) in [6.45, 7) is 1.69. The highest BCUT2D eigenvalue weighted by Gasteiger charge is 2.32. The van der Waals surface area contributed by atoms with Crippen LogP contribution in [0, 0.1) is 5.92 Å². The maximum absolute atomic E-state index is 12.0. The summed E-state index contributed by atoms with van der Waals surface area (Å²) in [6.07, 6.45) is 0.334. The van der Waals surface area contributed by atoms with Gasteiger partial charge in [-0.25, -0.2) is 13.8 Å². The fourth-order valence-electron chi connectivity index (χ4n) is 2.36. The number of likely N-dealkylation sites (N-methyl/N-ethyl adjacent to an activating group) is 1. The molecule has 8 nitrogen and oxygen atoms in total. The van der Waals surface area contributed by atoms with E-state index in [9.17, 15) is 18.0 Å². The molecule has 0 aromatic heterocycles. The van der Waals surface area contributed by atoms with Crippen molar-refractivity contribution in [2.45, 2.75) is 13.3 Å². The van der Waals surface area contributed by atoms with Crippen LogP contribution in [0.25, 0.3) is 0 Å². The first kappa shape index (κ1) is 19.9. The summed E-state index contributed by atoms with van der Waals surface area (Å²) in [4.78, 5) is 24.9. The van der Waals surface area contributed by atoms with Crippen molar-refractivity contribution >= 4 is 27.4 Å². The Balaban J connectivity index is 1.90. The highest BCUT2D eigenvalue weighted by molar-refractivity contribution is 7.91. The lowest BCUT2D eigenvalue weighted by Gasteiger charge is -2.11. The van der Waals surface area contributed by atoms with Crippen molar-refractivity contribution in [3.8, 4) is 5.75 Å². The lowest BCUT2D eigenvalue weighted by atomic mass is 10.1. The molecule has 1 aliphatic rings. The predicted octanol–water partition coefficient (Wildman–Crippen LogP) is 0.429. The van der Waals surface area contributed by atoms with Crippen LogP contribution in [0.4, 0.5) is 0 Å². The van der Waals surface area contributed by atoms with Gasteiger partial charge in [-0.15, -0.1) is 0 Å². The van der Waals surface area contributed by atoms with Crippen molar-refractivity contribution in [1.82, 2.24) is 10.3 Å².